The minimum absolute atomic E-state index is 0.108. The van der Waals surface area contributed by atoms with E-state index in [0.717, 1.165) is 6.42 Å². The van der Waals surface area contributed by atoms with Crippen LogP contribution in [-0.4, -0.2) is 24.9 Å². The van der Waals surface area contributed by atoms with Crippen LogP contribution in [0.1, 0.15) is 20.3 Å². The summed E-state index contributed by atoms with van der Waals surface area (Å²) in [7, 11) is 0. The van der Waals surface area contributed by atoms with Gasteiger partial charge in [0.15, 0.2) is 0 Å². The standard InChI is InChI=1S/C7H14N2O2/c1-5(2)11-6-3-4-8-7(10)9-6/h5-6H,3-4H2,1-2H3,(H2,8,9,10). The second kappa shape index (κ2) is 3.57. The van der Waals surface area contributed by atoms with Crippen molar-refractivity contribution in [3.8, 4) is 0 Å². The summed E-state index contributed by atoms with van der Waals surface area (Å²) in [5.41, 5.74) is 0. The molecule has 0 saturated carbocycles. The van der Waals surface area contributed by atoms with E-state index in [4.69, 9.17) is 4.74 Å². The Morgan fingerprint density at radius 1 is 1.64 bits per heavy atom. The minimum atomic E-state index is -0.137. The van der Waals surface area contributed by atoms with Crippen molar-refractivity contribution in [1.29, 1.82) is 0 Å². The summed E-state index contributed by atoms with van der Waals surface area (Å²) in [6, 6.07) is -0.137. The molecule has 4 nitrogen and oxygen atoms in total. The molecule has 11 heavy (non-hydrogen) atoms. The zero-order valence-electron chi connectivity index (χ0n) is 6.89. The van der Waals surface area contributed by atoms with Crippen molar-refractivity contribution in [2.45, 2.75) is 32.6 Å². The van der Waals surface area contributed by atoms with Crippen LogP contribution in [0.25, 0.3) is 0 Å². The molecule has 1 heterocycles. The average Bonchev–Trinajstić information content (AvgIpc) is 1.85. The number of carbonyl (C=O) groups excluding carboxylic acids is 1. The van der Waals surface area contributed by atoms with E-state index in [-0.39, 0.29) is 18.4 Å². The minimum Gasteiger partial charge on any atom is -0.356 e. The van der Waals surface area contributed by atoms with Gasteiger partial charge >= 0.3 is 6.03 Å². The molecule has 2 N–H and O–H groups in total. The Hall–Kier alpha value is -0.770. The molecule has 0 aliphatic carbocycles. The molecule has 1 rings (SSSR count). The van der Waals surface area contributed by atoms with Gasteiger partial charge in [0, 0.05) is 13.0 Å². The fourth-order valence-corrected chi connectivity index (χ4v) is 1.02. The van der Waals surface area contributed by atoms with Crippen LogP contribution in [0.4, 0.5) is 4.79 Å². The highest BCUT2D eigenvalue weighted by atomic mass is 16.5. The van der Waals surface area contributed by atoms with Gasteiger partial charge in [-0.15, -0.1) is 0 Å². The van der Waals surface area contributed by atoms with Gasteiger partial charge in [0.25, 0.3) is 0 Å². The predicted octanol–water partition coefficient (Wildman–Crippen LogP) is 0.440. The first-order valence-corrected chi connectivity index (χ1v) is 3.88. The number of hydrogen-bond acceptors (Lipinski definition) is 2. The molecule has 1 aliphatic rings. The second-order valence-electron chi connectivity index (χ2n) is 2.86. The van der Waals surface area contributed by atoms with Crippen molar-refractivity contribution in [2.75, 3.05) is 6.54 Å². The highest BCUT2D eigenvalue weighted by Crippen LogP contribution is 2.01. The van der Waals surface area contributed by atoms with E-state index in [9.17, 15) is 4.79 Å². The fourth-order valence-electron chi connectivity index (χ4n) is 1.02. The Labute approximate surface area is 66.3 Å². The number of ether oxygens (including phenoxy) is 1. The number of urea groups is 1. The lowest BCUT2D eigenvalue weighted by Gasteiger charge is -2.25. The lowest BCUT2D eigenvalue weighted by molar-refractivity contribution is -0.0141. The van der Waals surface area contributed by atoms with E-state index < -0.39 is 0 Å². The van der Waals surface area contributed by atoms with Gasteiger partial charge in [-0.25, -0.2) is 4.79 Å². The Bertz CT molecular complexity index is 147. The van der Waals surface area contributed by atoms with Crippen LogP contribution in [0.2, 0.25) is 0 Å². The maximum absolute atomic E-state index is 10.8. The van der Waals surface area contributed by atoms with Gasteiger partial charge in [-0.3, -0.25) is 0 Å². The summed E-state index contributed by atoms with van der Waals surface area (Å²) in [5.74, 6) is 0. The lowest BCUT2D eigenvalue weighted by Crippen LogP contribution is -2.50. The van der Waals surface area contributed by atoms with E-state index in [2.05, 4.69) is 10.6 Å². The number of rotatable bonds is 2. The van der Waals surface area contributed by atoms with Crippen molar-refractivity contribution in [3.05, 3.63) is 0 Å². The molecular formula is C7H14N2O2. The molecule has 1 saturated heterocycles. The molecule has 1 unspecified atom stereocenters. The number of carbonyl (C=O) groups is 1. The summed E-state index contributed by atoms with van der Waals surface area (Å²) in [5, 5.41) is 5.33. The molecule has 1 atom stereocenters. The maximum atomic E-state index is 10.8. The first-order valence-electron chi connectivity index (χ1n) is 3.88. The van der Waals surface area contributed by atoms with Crippen LogP contribution in [-0.2, 0) is 4.74 Å². The SMILES string of the molecule is CC(C)OC1CCNC(=O)N1. The third-order valence-electron chi connectivity index (χ3n) is 1.42. The van der Waals surface area contributed by atoms with Crippen molar-refractivity contribution < 1.29 is 9.53 Å². The van der Waals surface area contributed by atoms with Gasteiger partial charge in [-0.05, 0) is 13.8 Å². The largest absolute Gasteiger partial charge is 0.356 e. The summed E-state index contributed by atoms with van der Waals surface area (Å²) in [4.78, 5) is 10.8. The highest BCUT2D eigenvalue weighted by Gasteiger charge is 2.18. The Morgan fingerprint density at radius 3 is 2.91 bits per heavy atom. The van der Waals surface area contributed by atoms with Crippen LogP contribution in [0.15, 0.2) is 0 Å². The average molecular weight is 158 g/mol. The van der Waals surface area contributed by atoms with Gasteiger partial charge in [-0.2, -0.15) is 0 Å². The molecule has 64 valence electrons. The van der Waals surface area contributed by atoms with Crippen molar-refractivity contribution >= 4 is 6.03 Å². The number of hydrogen-bond donors (Lipinski definition) is 2. The first-order chi connectivity index (χ1) is 5.18. The molecule has 0 aromatic rings. The van der Waals surface area contributed by atoms with E-state index in [1.165, 1.54) is 0 Å². The van der Waals surface area contributed by atoms with Crippen LogP contribution < -0.4 is 10.6 Å². The predicted molar refractivity (Wildman–Crippen MR) is 41.2 cm³/mol. The van der Waals surface area contributed by atoms with E-state index in [1.807, 2.05) is 13.8 Å². The van der Waals surface area contributed by atoms with Gasteiger partial charge in [0.2, 0.25) is 0 Å². The Morgan fingerprint density at radius 2 is 2.36 bits per heavy atom. The lowest BCUT2D eigenvalue weighted by atomic mass is 10.3. The fraction of sp³-hybridized carbons (Fsp3) is 0.857. The zero-order chi connectivity index (χ0) is 8.27. The van der Waals surface area contributed by atoms with Crippen LogP contribution >= 0.6 is 0 Å². The van der Waals surface area contributed by atoms with Crippen molar-refractivity contribution in [3.63, 3.8) is 0 Å². The summed E-state index contributed by atoms with van der Waals surface area (Å²) < 4.78 is 5.39. The molecule has 1 fully saturated rings. The van der Waals surface area contributed by atoms with Gasteiger partial charge in [0.05, 0.1) is 6.10 Å². The molecule has 0 bridgehead atoms. The Balaban J connectivity index is 2.28. The second-order valence-corrected chi connectivity index (χ2v) is 2.86. The monoisotopic (exact) mass is 158 g/mol. The van der Waals surface area contributed by atoms with Crippen molar-refractivity contribution in [1.82, 2.24) is 10.6 Å². The maximum Gasteiger partial charge on any atom is 0.316 e. The highest BCUT2D eigenvalue weighted by molar-refractivity contribution is 5.74. The van der Waals surface area contributed by atoms with Gasteiger partial charge in [-0.1, -0.05) is 0 Å². The molecule has 4 heteroatoms. The summed E-state index contributed by atoms with van der Waals surface area (Å²) in [6.45, 7) is 4.60. The van der Waals surface area contributed by atoms with Crippen molar-refractivity contribution in [2.24, 2.45) is 0 Å². The molecule has 0 aromatic heterocycles. The van der Waals surface area contributed by atoms with E-state index in [0.29, 0.717) is 6.54 Å². The van der Waals surface area contributed by atoms with Gasteiger partial charge in [0.1, 0.15) is 6.23 Å². The normalized spacial score (nSPS) is 24.6. The summed E-state index contributed by atoms with van der Waals surface area (Å²) in [6.07, 6.45) is 0.895. The molecule has 0 radical (unpaired) electrons. The van der Waals surface area contributed by atoms with Gasteiger partial charge < -0.3 is 15.4 Å². The number of amides is 2. The first kappa shape index (κ1) is 8.33. The Kier molecular flexibility index (Phi) is 2.70. The molecular weight excluding hydrogens is 144 g/mol. The van der Waals surface area contributed by atoms with E-state index in [1.54, 1.807) is 0 Å². The quantitative estimate of drug-likeness (QED) is 0.612. The van der Waals surface area contributed by atoms with Crippen LogP contribution in [0, 0.1) is 0 Å². The third kappa shape index (κ3) is 2.76. The smallest absolute Gasteiger partial charge is 0.316 e. The zero-order valence-corrected chi connectivity index (χ0v) is 6.89. The molecule has 1 aliphatic heterocycles. The van der Waals surface area contributed by atoms with E-state index >= 15 is 0 Å². The summed E-state index contributed by atoms with van der Waals surface area (Å²) >= 11 is 0. The molecule has 0 spiro atoms. The number of nitrogens with one attached hydrogen (secondary N) is 2. The topological polar surface area (TPSA) is 50.4 Å². The molecule has 2 amide bonds. The van der Waals surface area contributed by atoms with Crippen LogP contribution in [0.3, 0.4) is 0 Å². The van der Waals surface area contributed by atoms with Crippen LogP contribution in [0.5, 0.6) is 0 Å². The molecule has 0 aromatic carbocycles. The third-order valence-corrected chi connectivity index (χ3v) is 1.42.